The quantitative estimate of drug-likeness (QED) is 0.635. The van der Waals surface area contributed by atoms with Crippen LogP contribution in [0.3, 0.4) is 0 Å². The van der Waals surface area contributed by atoms with Gasteiger partial charge < -0.3 is 14.5 Å². The van der Waals surface area contributed by atoms with Crippen molar-refractivity contribution in [3.63, 3.8) is 0 Å². The number of fused-ring (bicyclic) bond motifs is 1. The first-order valence-electron chi connectivity index (χ1n) is 9.94. The van der Waals surface area contributed by atoms with Crippen molar-refractivity contribution in [1.82, 2.24) is 10.3 Å². The van der Waals surface area contributed by atoms with Crippen molar-refractivity contribution < 1.29 is 13.9 Å². The summed E-state index contributed by atoms with van der Waals surface area (Å²) in [6, 6.07) is 14.9. The molecular formula is C23H24N4O3. The van der Waals surface area contributed by atoms with Gasteiger partial charge in [0.25, 0.3) is 0 Å². The minimum absolute atomic E-state index is 0.0292. The van der Waals surface area contributed by atoms with E-state index in [4.69, 9.17) is 9.15 Å². The highest BCUT2D eigenvalue weighted by Gasteiger charge is 2.25. The molecule has 7 nitrogen and oxygen atoms in total. The first kappa shape index (κ1) is 19.7. The predicted molar refractivity (Wildman–Crippen MR) is 117 cm³/mol. The molecule has 1 atom stereocenters. The highest BCUT2D eigenvalue weighted by molar-refractivity contribution is 5.99. The van der Waals surface area contributed by atoms with Crippen molar-refractivity contribution in [3.8, 4) is 5.75 Å². The maximum Gasteiger partial charge on any atom is 0.302 e. The van der Waals surface area contributed by atoms with Crippen LogP contribution in [-0.2, 0) is 4.79 Å². The Kier molecular flexibility index (Phi) is 5.79. The van der Waals surface area contributed by atoms with Crippen molar-refractivity contribution in [1.29, 1.82) is 0 Å². The topological polar surface area (TPSA) is 88.8 Å². The summed E-state index contributed by atoms with van der Waals surface area (Å²) in [5.74, 6) is 1.16. The molecule has 2 heterocycles. The normalized spacial score (nSPS) is 17.9. The van der Waals surface area contributed by atoms with E-state index in [0.717, 1.165) is 23.9 Å². The van der Waals surface area contributed by atoms with Gasteiger partial charge in [-0.05, 0) is 31.0 Å². The number of ketones is 1. The molecule has 0 radical (unpaired) electrons. The van der Waals surface area contributed by atoms with Crippen molar-refractivity contribution in [2.24, 2.45) is 4.99 Å². The molecular weight excluding hydrogens is 380 g/mol. The Morgan fingerprint density at radius 1 is 1.17 bits per heavy atom. The molecule has 4 rings (SSSR count). The third kappa shape index (κ3) is 4.20. The molecule has 1 aliphatic rings. The predicted octanol–water partition coefficient (Wildman–Crippen LogP) is 4.24. The Morgan fingerprint density at radius 2 is 1.97 bits per heavy atom. The average Bonchev–Trinajstić information content (AvgIpc) is 3.18. The van der Waals surface area contributed by atoms with Crippen LogP contribution >= 0.6 is 0 Å². The van der Waals surface area contributed by atoms with Gasteiger partial charge >= 0.3 is 6.01 Å². The molecule has 0 amide bonds. The second-order valence-electron chi connectivity index (χ2n) is 7.07. The fraction of sp³-hybridized carbons (Fsp3) is 0.261. The van der Waals surface area contributed by atoms with Gasteiger partial charge in [0.1, 0.15) is 11.3 Å². The first-order valence-corrected chi connectivity index (χ1v) is 9.94. The molecule has 3 aromatic rings. The summed E-state index contributed by atoms with van der Waals surface area (Å²) < 4.78 is 11.3. The number of rotatable bonds is 3. The van der Waals surface area contributed by atoms with Crippen LogP contribution in [0.15, 0.2) is 70.1 Å². The number of carbonyl (C=O) groups excluding carboxylic acids is 1. The van der Waals surface area contributed by atoms with Crippen LogP contribution in [0, 0.1) is 0 Å². The largest absolute Gasteiger partial charge is 0.496 e. The Morgan fingerprint density at radius 3 is 2.80 bits per heavy atom. The van der Waals surface area contributed by atoms with Gasteiger partial charge in [-0.1, -0.05) is 36.9 Å². The zero-order chi connectivity index (χ0) is 20.9. The third-order valence-corrected chi connectivity index (χ3v) is 5.04. The van der Waals surface area contributed by atoms with Crippen molar-refractivity contribution in [2.75, 3.05) is 19.0 Å². The number of oxazole rings is 1. The van der Waals surface area contributed by atoms with Crippen LogP contribution < -0.4 is 15.4 Å². The van der Waals surface area contributed by atoms with Gasteiger partial charge in [0, 0.05) is 24.1 Å². The first-order chi connectivity index (χ1) is 14.7. The molecule has 2 aromatic carbocycles. The van der Waals surface area contributed by atoms with Crippen LogP contribution in [0.4, 0.5) is 6.01 Å². The number of aromatic nitrogens is 1. The van der Waals surface area contributed by atoms with E-state index in [1.165, 1.54) is 0 Å². The van der Waals surface area contributed by atoms with Crippen molar-refractivity contribution in [2.45, 2.75) is 25.3 Å². The zero-order valence-electron chi connectivity index (χ0n) is 16.9. The molecule has 1 aliphatic heterocycles. The number of nitrogens with zero attached hydrogens (tertiary/aromatic N) is 2. The average molecular weight is 404 g/mol. The molecule has 0 fully saturated rings. The number of guanidine groups is 1. The standard InChI is InChI=1S/C23H24N4O3/c1-15-18(28)11-7-8-14-24-22(26-21(15)16-9-3-5-12-19(16)29-2)27-23-25-17-10-4-6-13-20(17)30-23/h3-6,9-10,12-13,21H,1,7-8,11,14H2,2H3,(H2,24,25,26,27). The number of anilines is 1. The molecule has 0 spiro atoms. The number of para-hydroxylation sites is 3. The molecule has 1 unspecified atom stereocenters. The second-order valence-corrected chi connectivity index (χ2v) is 7.07. The van der Waals surface area contributed by atoms with E-state index in [1.54, 1.807) is 7.11 Å². The Balaban J connectivity index is 1.68. The third-order valence-electron chi connectivity index (χ3n) is 5.04. The fourth-order valence-corrected chi connectivity index (χ4v) is 3.45. The van der Waals surface area contributed by atoms with Crippen LogP contribution in [0.5, 0.6) is 5.75 Å². The Bertz CT molecular complexity index is 1070. The van der Waals surface area contributed by atoms with E-state index in [9.17, 15) is 4.79 Å². The molecule has 30 heavy (non-hydrogen) atoms. The molecule has 0 bridgehead atoms. The van der Waals surface area contributed by atoms with Crippen molar-refractivity contribution >= 4 is 28.9 Å². The van der Waals surface area contributed by atoms with E-state index in [0.29, 0.717) is 41.8 Å². The maximum absolute atomic E-state index is 12.7. The van der Waals surface area contributed by atoms with E-state index < -0.39 is 6.04 Å². The molecule has 154 valence electrons. The lowest BCUT2D eigenvalue weighted by atomic mass is 9.93. The minimum atomic E-state index is -0.498. The summed E-state index contributed by atoms with van der Waals surface area (Å²) >= 11 is 0. The fourth-order valence-electron chi connectivity index (χ4n) is 3.45. The summed E-state index contributed by atoms with van der Waals surface area (Å²) in [5, 5.41) is 6.45. The number of hydrogen-bond donors (Lipinski definition) is 2. The summed E-state index contributed by atoms with van der Waals surface area (Å²) in [6.07, 6.45) is 2.02. The van der Waals surface area contributed by atoms with Crippen LogP contribution in [0.25, 0.3) is 11.1 Å². The number of Topliss-reactive ketones (excluding diaryl/α,β-unsaturated/α-hetero) is 1. The summed E-state index contributed by atoms with van der Waals surface area (Å²) in [7, 11) is 1.61. The van der Waals surface area contributed by atoms with Gasteiger partial charge in [-0.25, -0.2) is 0 Å². The summed E-state index contributed by atoms with van der Waals surface area (Å²) in [6.45, 7) is 4.67. The van der Waals surface area contributed by atoms with E-state index in [1.807, 2.05) is 48.5 Å². The lowest BCUT2D eigenvalue weighted by Crippen LogP contribution is -2.37. The van der Waals surface area contributed by atoms with Gasteiger partial charge in [-0.3, -0.25) is 15.1 Å². The SMILES string of the molecule is C=C1C(=O)CCCCN=C(Nc2nc3ccccc3o2)NC1c1ccccc1OC. The Labute approximate surface area is 174 Å². The summed E-state index contributed by atoms with van der Waals surface area (Å²) in [5.41, 5.74) is 2.71. The number of hydrogen-bond acceptors (Lipinski definition) is 7. The number of methoxy groups -OCH3 is 1. The number of benzene rings is 2. The molecule has 7 heteroatoms. The van der Waals surface area contributed by atoms with Gasteiger partial charge in [0.15, 0.2) is 17.3 Å². The smallest absolute Gasteiger partial charge is 0.302 e. The number of aliphatic imine (C=N–C) groups is 1. The van der Waals surface area contributed by atoms with Crippen molar-refractivity contribution in [3.05, 3.63) is 66.2 Å². The van der Waals surface area contributed by atoms with Crippen LogP contribution in [0.1, 0.15) is 30.9 Å². The van der Waals surface area contributed by atoms with Gasteiger partial charge in [0.2, 0.25) is 0 Å². The van der Waals surface area contributed by atoms with E-state index in [2.05, 4.69) is 27.2 Å². The maximum atomic E-state index is 12.7. The van der Waals surface area contributed by atoms with Gasteiger partial charge in [-0.15, -0.1) is 0 Å². The van der Waals surface area contributed by atoms with E-state index >= 15 is 0 Å². The highest BCUT2D eigenvalue weighted by atomic mass is 16.5. The second kappa shape index (κ2) is 8.82. The monoisotopic (exact) mass is 404 g/mol. The number of carbonyl (C=O) groups is 1. The van der Waals surface area contributed by atoms with Crippen LogP contribution in [0.2, 0.25) is 0 Å². The number of ether oxygens (including phenoxy) is 1. The number of nitrogens with one attached hydrogen (secondary N) is 2. The van der Waals surface area contributed by atoms with Gasteiger partial charge in [-0.2, -0.15) is 4.98 Å². The zero-order valence-corrected chi connectivity index (χ0v) is 16.9. The molecule has 1 aromatic heterocycles. The Hall–Kier alpha value is -3.61. The molecule has 0 aliphatic carbocycles. The highest BCUT2D eigenvalue weighted by Crippen LogP contribution is 2.31. The lowest BCUT2D eigenvalue weighted by Gasteiger charge is -2.25. The lowest BCUT2D eigenvalue weighted by molar-refractivity contribution is -0.116. The summed E-state index contributed by atoms with van der Waals surface area (Å²) in [4.78, 5) is 21.8. The van der Waals surface area contributed by atoms with E-state index in [-0.39, 0.29) is 5.78 Å². The van der Waals surface area contributed by atoms with Gasteiger partial charge in [0.05, 0.1) is 13.2 Å². The minimum Gasteiger partial charge on any atom is -0.496 e. The molecule has 2 N–H and O–H groups in total. The molecule has 0 saturated heterocycles. The van der Waals surface area contributed by atoms with Crippen LogP contribution in [-0.4, -0.2) is 30.4 Å². The molecule has 0 saturated carbocycles.